The summed E-state index contributed by atoms with van der Waals surface area (Å²) in [5.41, 5.74) is 0.207. The fourth-order valence-electron chi connectivity index (χ4n) is 1.49. The lowest BCUT2D eigenvalue weighted by atomic mass is 10.1. The van der Waals surface area contributed by atoms with Crippen molar-refractivity contribution in [3.05, 3.63) is 0 Å². The molecule has 0 aliphatic carbocycles. The molecule has 98 valence electrons. The predicted octanol–water partition coefficient (Wildman–Crippen LogP) is 0.393. The van der Waals surface area contributed by atoms with E-state index in [9.17, 15) is 0 Å². The zero-order valence-electron chi connectivity index (χ0n) is 11.2. The van der Waals surface area contributed by atoms with Crippen molar-refractivity contribution in [2.24, 2.45) is 0 Å². The van der Waals surface area contributed by atoms with Crippen LogP contribution in [-0.4, -0.2) is 72.0 Å². The molecule has 0 aromatic rings. The monoisotopic (exact) mass is 232 g/mol. The average Bonchev–Trinajstić information content (AvgIpc) is 2.16. The van der Waals surface area contributed by atoms with Gasteiger partial charge in [-0.2, -0.15) is 0 Å². The molecule has 0 saturated heterocycles. The van der Waals surface area contributed by atoms with Crippen LogP contribution in [0.2, 0.25) is 0 Å². The molecule has 4 nitrogen and oxygen atoms in total. The molecular formula is C12H28N2O2. The lowest BCUT2D eigenvalue weighted by molar-refractivity contribution is 0.138. The first-order chi connectivity index (χ1) is 7.41. The van der Waals surface area contributed by atoms with Crippen molar-refractivity contribution in [1.29, 1.82) is 0 Å². The molecule has 0 bridgehead atoms. The second-order valence-electron chi connectivity index (χ2n) is 5.23. The van der Waals surface area contributed by atoms with Crippen molar-refractivity contribution < 1.29 is 10.2 Å². The molecule has 4 heteroatoms. The minimum absolute atomic E-state index is 0.162. The summed E-state index contributed by atoms with van der Waals surface area (Å²) in [6.45, 7) is 10.2. The van der Waals surface area contributed by atoms with Crippen LogP contribution in [0.4, 0.5) is 0 Å². The molecule has 0 aliphatic heterocycles. The van der Waals surface area contributed by atoms with Crippen LogP contribution in [0.1, 0.15) is 27.2 Å². The summed E-state index contributed by atoms with van der Waals surface area (Å²) < 4.78 is 0. The van der Waals surface area contributed by atoms with Gasteiger partial charge in [0.15, 0.2) is 0 Å². The van der Waals surface area contributed by atoms with Crippen LogP contribution in [0.15, 0.2) is 0 Å². The van der Waals surface area contributed by atoms with Crippen molar-refractivity contribution >= 4 is 0 Å². The third-order valence-electron chi connectivity index (χ3n) is 2.95. The van der Waals surface area contributed by atoms with Gasteiger partial charge in [-0.25, -0.2) is 0 Å². The summed E-state index contributed by atoms with van der Waals surface area (Å²) in [6, 6.07) is 0. The fourth-order valence-corrected chi connectivity index (χ4v) is 1.49. The van der Waals surface area contributed by atoms with Gasteiger partial charge in [0.2, 0.25) is 0 Å². The molecule has 0 saturated carbocycles. The van der Waals surface area contributed by atoms with Crippen molar-refractivity contribution in [3.63, 3.8) is 0 Å². The molecule has 2 N–H and O–H groups in total. The maximum atomic E-state index is 8.87. The first-order valence-electron chi connectivity index (χ1n) is 6.07. The lowest BCUT2D eigenvalue weighted by Gasteiger charge is -2.32. The van der Waals surface area contributed by atoms with Gasteiger partial charge >= 0.3 is 0 Å². The van der Waals surface area contributed by atoms with E-state index < -0.39 is 0 Å². The lowest BCUT2D eigenvalue weighted by Crippen LogP contribution is -2.40. The van der Waals surface area contributed by atoms with Gasteiger partial charge in [-0.05, 0) is 47.3 Å². The van der Waals surface area contributed by atoms with Crippen molar-refractivity contribution in [1.82, 2.24) is 9.80 Å². The van der Waals surface area contributed by atoms with Crippen LogP contribution in [0, 0.1) is 0 Å². The van der Waals surface area contributed by atoms with Gasteiger partial charge in [-0.1, -0.05) is 0 Å². The highest BCUT2D eigenvalue weighted by Gasteiger charge is 2.16. The Morgan fingerprint density at radius 1 is 0.875 bits per heavy atom. The normalized spacial score (nSPS) is 12.8. The summed E-state index contributed by atoms with van der Waals surface area (Å²) in [6.07, 6.45) is 1.06. The molecule has 0 aromatic carbocycles. The number of nitrogens with zero attached hydrogens (tertiary/aromatic N) is 2. The summed E-state index contributed by atoms with van der Waals surface area (Å²) in [4.78, 5) is 4.42. The highest BCUT2D eigenvalue weighted by Crippen LogP contribution is 2.10. The van der Waals surface area contributed by atoms with Gasteiger partial charge in [0, 0.05) is 18.6 Å². The standard InChI is InChI=1S/C12H28N2O2/c1-12(2,3)13(4)6-5-7-14(8-10-15)9-11-16/h15-16H,5-11H2,1-4H3. The number of hydrogen-bond acceptors (Lipinski definition) is 4. The van der Waals surface area contributed by atoms with Gasteiger partial charge in [-0.15, -0.1) is 0 Å². The predicted molar refractivity (Wildman–Crippen MR) is 67.6 cm³/mol. The smallest absolute Gasteiger partial charge is 0.0558 e. The van der Waals surface area contributed by atoms with Crippen molar-refractivity contribution in [2.45, 2.75) is 32.7 Å². The van der Waals surface area contributed by atoms with E-state index in [1.54, 1.807) is 0 Å². The average molecular weight is 232 g/mol. The van der Waals surface area contributed by atoms with Crippen LogP contribution in [0.3, 0.4) is 0 Å². The molecule has 0 unspecified atom stereocenters. The minimum atomic E-state index is 0.162. The van der Waals surface area contributed by atoms with Crippen LogP contribution >= 0.6 is 0 Å². The number of aliphatic hydroxyl groups is 2. The number of rotatable bonds is 8. The second kappa shape index (κ2) is 8.01. The Morgan fingerprint density at radius 3 is 1.75 bits per heavy atom. The molecule has 0 atom stereocenters. The Morgan fingerprint density at radius 2 is 1.38 bits per heavy atom. The molecule has 0 spiro atoms. The maximum Gasteiger partial charge on any atom is 0.0558 e. The zero-order valence-corrected chi connectivity index (χ0v) is 11.2. The molecule has 0 radical (unpaired) electrons. The Hall–Kier alpha value is -0.160. The number of aliphatic hydroxyl groups excluding tert-OH is 2. The maximum absolute atomic E-state index is 8.87. The van der Waals surface area contributed by atoms with E-state index in [-0.39, 0.29) is 18.8 Å². The van der Waals surface area contributed by atoms with Gasteiger partial charge in [0.1, 0.15) is 0 Å². The molecule has 0 amide bonds. The fraction of sp³-hybridized carbons (Fsp3) is 1.00. The molecule has 0 aliphatic rings. The van der Waals surface area contributed by atoms with Gasteiger partial charge in [-0.3, -0.25) is 4.90 Å². The molecule has 16 heavy (non-hydrogen) atoms. The zero-order chi connectivity index (χ0) is 12.6. The van der Waals surface area contributed by atoms with E-state index in [2.05, 4.69) is 37.6 Å². The van der Waals surface area contributed by atoms with E-state index in [0.29, 0.717) is 13.1 Å². The van der Waals surface area contributed by atoms with E-state index in [0.717, 1.165) is 19.5 Å². The summed E-state index contributed by atoms with van der Waals surface area (Å²) in [7, 11) is 2.13. The molecule has 0 aromatic heterocycles. The van der Waals surface area contributed by atoms with E-state index in [4.69, 9.17) is 10.2 Å². The first-order valence-corrected chi connectivity index (χ1v) is 6.07. The topological polar surface area (TPSA) is 46.9 Å². The highest BCUT2D eigenvalue weighted by molar-refractivity contribution is 4.73. The van der Waals surface area contributed by atoms with Crippen LogP contribution in [0.5, 0.6) is 0 Å². The van der Waals surface area contributed by atoms with Crippen LogP contribution in [-0.2, 0) is 0 Å². The highest BCUT2D eigenvalue weighted by atomic mass is 16.3. The Kier molecular flexibility index (Phi) is 7.93. The molecule has 0 heterocycles. The van der Waals surface area contributed by atoms with E-state index in [1.807, 2.05) is 0 Å². The van der Waals surface area contributed by atoms with Crippen molar-refractivity contribution in [2.75, 3.05) is 46.4 Å². The van der Waals surface area contributed by atoms with Gasteiger partial charge in [0.25, 0.3) is 0 Å². The van der Waals surface area contributed by atoms with E-state index in [1.165, 1.54) is 0 Å². The Bertz CT molecular complexity index is 163. The molecular weight excluding hydrogens is 204 g/mol. The van der Waals surface area contributed by atoms with E-state index >= 15 is 0 Å². The third kappa shape index (κ3) is 7.17. The van der Waals surface area contributed by atoms with Crippen LogP contribution < -0.4 is 0 Å². The minimum Gasteiger partial charge on any atom is -0.395 e. The quantitative estimate of drug-likeness (QED) is 0.636. The summed E-state index contributed by atoms with van der Waals surface area (Å²) >= 11 is 0. The van der Waals surface area contributed by atoms with Crippen molar-refractivity contribution in [3.8, 4) is 0 Å². The van der Waals surface area contributed by atoms with Crippen LogP contribution in [0.25, 0.3) is 0 Å². The van der Waals surface area contributed by atoms with Gasteiger partial charge < -0.3 is 15.1 Å². The SMILES string of the molecule is CN(CCCN(CCO)CCO)C(C)(C)C. The largest absolute Gasteiger partial charge is 0.395 e. The second-order valence-corrected chi connectivity index (χ2v) is 5.23. The Balaban J connectivity index is 3.76. The summed E-state index contributed by atoms with van der Waals surface area (Å²) in [5.74, 6) is 0. The molecule has 0 fully saturated rings. The number of hydrogen-bond donors (Lipinski definition) is 2. The molecule has 0 rings (SSSR count). The third-order valence-corrected chi connectivity index (χ3v) is 2.95. The Labute approximate surface area is 99.9 Å². The first kappa shape index (κ1) is 15.8. The van der Waals surface area contributed by atoms with Gasteiger partial charge in [0.05, 0.1) is 13.2 Å². The summed E-state index contributed by atoms with van der Waals surface area (Å²) in [5, 5.41) is 17.7.